The van der Waals surface area contributed by atoms with Gasteiger partial charge in [0.1, 0.15) is 18.0 Å². The Labute approximate surface area is 120 Å². The fraction of sp³-hybridized carbons (Fsp3) is 0.308. The second kappa shape index (κ2) is 5.49. The van der Waals surface area contributed by atoms with Gasteiger partial charge in [0, 0.05) is 13.1 Å². The maximum atomic E-state index is 13.2. The molecule has 2 aromatic rings. The van der Waals surface area contributed by atoms with Crippen LogP contribution in [0.1, 0.15) is 5.82 Å². The van der Waals surface area contributed by atoms with Crippen LogP contribution in [0, 0.1) is 5.82 Å². The summed E-state index contributed by atoms with van der Waals surface area (Å²) in [5.74, 6) is 0.158. The monoisotopic (exact) mass is 290 g/mol. The number of benzene rings is 1. The molecular formula is C13H15FN6O. The Bertz CT molecular complexity index is 670. The predicted octanol–water partition coefficient (Wildman–Crippen LogP) is 0.454. The van der Waals surface area contributed by atoms with Crippen LogP contribution in [-0.2, 0) is 17.9 Å². The van der Waals surface area contributed by atoms with E-state index in [1.54, 1.807) is 6.33 Å². The van der Waals surface area contributed by atoms with Crippen molar-refractivity contribution in [2.24, 2.45) is 0 Å². The van der Waals surface area contributed by atoms with E-state index in [-0.39, 0.29) is 12.5 Å². The van der Waals surface area contributed by atoms with E-state index in [4.69, 9.17) is 5.73 Å². The Hall–Kier alpha value is -2.48. The number of nitrogens with zero attached hydrogens (tertiary/aromatic N) is 4. The van der Waals surface area contributed by atoms with Crippen LogP contribution in [0.5, 0.6) is 0 Å². The maximum absolute atomic E-state index is 13.2. The van der Waals surface area contributed by atoms with Gasteiger partial charge < -0.3 is 15.6 Å². The summed E-state index contributed by atoms with van der Waals surface area (Å²) in [4.78, 5) is 14.0. The highest BCUT2D eigenvalue weighted by molar-refractivity contribution is 5.95. The number of amides is 1. The van der Waals surface area contributed by atoms with Gasteiger partial charge in [-0.2, -0.15) is 0 Å². The van der Waals surface area contributed by atoms with Gasteiger partial charge in [-0.25, -0.2) is 4.39 Å². The zero-order chi connectivity index (χ0) is 14.8. The molecule has 0 bridgehead atoms. The number of hydrogen-bond donors (Lipinski definition) is 2. The van der Waals surface area contributed by atoms with Crippen LogP contribution < -0.4 is 11.1 Å². The summed E-state index contributed by atoms with van der Waals surface area (Å²) in [6.07, 6.45) is 1.68. The van der Waals surface area contributed by atoms with E-state index >= 15 is 0 Å². The standard InChI is InChI=1S/C13H15FN6O/c14-9-1-2-10(15)11(5-9)17-13(21)7-19-3-4-20-8-16-18-12(20)6-19/h1-2,5,8H,3-4,6-7,15H2,(H,17,21). The molecule has 3 N–H and O–H groups in total. The number of nitrogens with one attached hydrogen (secondary N) is 1. The molecular weight excluding hydrogens is 275 g/mol. The summed E-state index contributed by atoms with van der Waals surface area (Å²) in [5, 5.41) is 10.5. The lowest BCUT2D eigenvalue weighted by atomic mass is 10.2. The molecule has 1 aromatic carbocycles. The zero-order valence-corrected chi connectivity index (χ0v) is 11.3. The highest BCUT2D eigenvalue weighted by atomic mass is 19.1. The second-order valence-corrected chi connectivity index (χ2v) is 4.93. The molecule has 110 valence electrons. The van der Waals surface area contributed by atoms with Gasteiger partial charge >= 0.3 is 0 Å². The Kier molecular flexibility index (Phi) is 3.53. The van der Waals surface area contributed by atoms with Crippen LogP contribution in [-0.4, -0.2) is 38.7 Å². The van der Waals surface area contributed by atoms with Crippen LogP contribution in [0.15, 0.2) is 24.5 Å². The molecule has 0 aliphatic carbocycles. The highest BCUT2D eigenvalue weighted by Crippen LogP contribution is 2.19. The van der Waals surface area contributed by atoms with Gasteiger partial charge in [-0.15, -0.1) is 10.2 Å². The van der Waals surface area contributed by atoms with Crippen LogP contribution in [0.4, 0.5) is 15.8 Å². The first-order valence-electron chi connectivity index (χ1n) is 6.56. The van der Waals surface area contributed by atoms with Gasteiger partial charge in [-0.05, 0) is 18.2 Å². The third-order valence-corrected chi connectivity index (χ3v) is 3.37. The molecule has 0 saturated carbocycles. The molecule has 21 heavy (non-hydrogen) atoms. The number of rotatable bonds is 3. The molecule has 1 aliphatic heterocycles. The summed E-state index contributed by atoms with van der Waals surface area (Å²) in [5.41, 5.74) is 6.33. The largest absolute Gasteiger partial charge is 0.397 e. The van der Waals surface area contributed by atoms with E-state index < -0.39 is 5.82 Å². The van der Waals surface area contributed by atoms with Crippen LogP contribution in [0.2, 0.25) is 0 Å². The molecule has 1 aromatic heterocycles. The maximum Gasteiger partial charge on any atom is 0.238 e. The molecule has 0 saturated heterocycles. The minimum Gasteiger partial charge on any atom is -0.397 e. The normalized spacial score (nSPS) is 14.7. The minimum absolute atomic E-state index is 0.197. The van der Waals surface area contributed by atoms with Crippen molar-refractivity contribution in [3.05, 3.63) is 36.2 Å². The number of nitrogen functional groups attached to an aromatic ring is 1. The molecule has 2 heterocycles. The smallest absolute Gasteiger partial charge is 0.238 e. The number of halogens is 1. The quantitative estimate of drug-likeness (QED) is 0.801. The number of carbonyl (C=O) groups excluding carboxylic acids is 1. The topological polar surface area (TPSA) is 89.1 Å². The van der Waals surface area contributed by atoms with Crippen molar-refractivity contribution in [2.75, 3.05) is 24.1 Å². The van der Waals surface area contributed by atoms with Gasteiger partial charge in [-0.1, -0.05) is 0 Å². The van der Waals surface area contributed by atoms with E-state index in [0.717, 1.165) is 18.9 Å². The third-order valence-electron chi connectivity index (χ3n) is 3.37. The average Bonchev–Trinajstić information content (AvgIpc) is 2.90. The summed E-state index contributed by atoms with van der Waals surface area (Å²) in [6.45, 7) is 2.24. The van der Waals surface area contributed by atoms with Gasteiger partial charge in [0.15, 0.2) is 0 Å². The number of hydrogen-bond acceptors (Lipinski definition) is 5. The summed E-state index contributed by atoms with van der Waals surface area (Å²) in [6, 6.07) is 3.89. The first kappa shape index (κ1) is 13.5. The molecule has 0 radical (unpaired) electrons. The molecule has 1 aliphatic rings. The van der Waals surface area contributed by atoms with E-state index in [9.17, 15) is 9.18 Å². The molecule has 0 atom stereocenters. The van der Waals surface area contributed by atoms with Crippen molar-refractivity contribution < 1.29 is 9.18 Å². The zero-order valence-electron chi connectivity index (χ0n) is 11.3. The number of nitrogens with two attached hydrogens (primary N) is 1. The number of aromatic nitrogens is 3. The van der Waals surface area contributed by atoms with Crippen molar-refractivity contribution in [3.8, 4) is 0 Å². The molecule has 7 nitrogen and oxygen atoms in total. The first-order valence-corrected chi connectivity index (χ1v) is 6.56. The highest BCUT2D eigenvalue weighted by Gasteiger charge is 2.19. The molecule has 8 heteroatoms. The lowest BCUT2D eigenvalue weighted by molar-refractivity contribution is -0.117. The van der Waals surface area contributed by atoms with Gasteiger partial charge in [0.2, 0.25) is 5.91 Å². The molecule has 0 unspecified atom stereocenters. The summed E-state index contributed by atoms with van der Waals surface area (Å²) >= 11 is 0. The van der Waals surface area contributed by atoms with Gasteiger partial charge in [0.25, 0.3) is 0 Å². The lowest BCUT2D eigenvalue weighted by Crippen LogP contribution is -2.39. The van der Waals surface area contributed by atoms with Crippen molar-refractivity contribution in [1.29, 1.82) is 0 Å². The Balaban J connectivity index is 1.61. The lowest BCUT2D eigenvalue weighted by Gasteiger charge is -2.26. The van der Waals surface area contributed by atoms with E-state index in [1.807, 2.05) is 9.47 Å². The van der Waals surface area contributed by atoms with Crippen molar-refractivity contribution in [3.63, 3.8) is 0 Å². The number of fused-ring (bicyclic) bond motifs is 1. The molecule has 1 amide bonds. The summed E-state index contributed by atoms with van der Waals surface area (Å²) < 4.78 is 15.1. The second-order valence-electron chi connectivity index (χ2n) is 4.93. The van der Waals surface area contributed by atoms with Crippen LogP contribution in [0.25, 0.3) is 0 Å². The van der Waals surface area contributed by atoms with E-state index in [0.29, 0.717) is 17.9 Å². The third kappa shape index (κ3) is 3.00. The van der Waals surface area contributed by atoms with Crippen molar-refractivity contribution in [1.82, 2.24) is 19.7 Å². The first-order chi connectivity index (χ1) is 10.1. The van der Waals surface area contributed by atoms with Crippen LogP contribution in [0.3, 0.4) is 0 Å². The fourth-order valence-corrected chi connectivity index (χ4v) is 2.28. The number of anilines is 2. The van der Waals surface area contributed by atoms with E-state index in [1.165, 1.54) is 18.2 Å². The van der Waals surface area contributed by atoms with Crippen molar-refractivity contribution >= 4 is 17.3 Å². The molecule has 0 spiro atoms. The Morgan fingerprint density at radius 2 is 2.29 bits per heavy atom. The Morgan fingerprint density at radius 1 is 1.43 bits per heavy atom. The molecule has 3 rings (SSSR count). The average molecular weight is 290 g/mol. The Morgan fingerprint density at radius 3 is 3.14 bits per heavy atom. The van der Waals surface area contributed by atoms with Crippen molar-refractivity contribution in [2.45, 2.75) is 13.1 Å². The SMILES string of the molecule is Nc1ccc(F)cc1NC(=O)CN1CCn2cnnc2C1. The number of carbonyl (C=O) groups is 1. The predicted molar refractivity (Wildman–Crippen MR) is 74.7 cm³/mol. The van der Waals surface area contributed by atoms with Gasteiger partial charge in [0.05, 0.1) is 24.5 Å². The van der Waals surface area contributed by atoms with Gasteiger partial charge in [-0.3, -0.25) is 9.69 Å². The van der Waals surface area contributed by atoms with Crippen LogP contribution >= 0.6 is 0 Å². The minimum atomic E-state index is -0.439. The van der Waals surface area contributed by atoms with E-state index in [2.05, 4.69) is 15.5 Å². The summed E-state index contributed by atoms with van der Waals surface area (Å²) in [7, 11) is 0. The molecule has 0 fully saturated rings. The fourth-order valence-electron chi connectivity index (χ4n) is 2.28.